The molecule has 0 saturated heterocycles. The number of Topliss-reactive ketones (excluding diaryl/α,β-unsaturated/α-hetero) is 1. The summed E-state index contributed by atoms with van der Waals surface area (Å²) in [6.45, 7) is 3.44. The predicted octanol–water partition coefficient (Wildman–Crippen LogP) is 3.35. The Bertz CT molecular complexity index is 327. The molecule has 0 spiro atoms. The smallest absolute Gasteiger partial charge is 0.166 e. The number of hydrogen-bond acceptors (Lipinski definition) is 1. The lowest BCUT2D eigenvalue weighted by Gasteiger charge is -1.99. The Morgan fingerprint density at radius 3 is 2.77 bits per heavy atom. The van der Waals surface area contributed by atoms with Crippen LogP contribution in [0.1, 0.15) is 16.8 Å². The molecule has 0 aromatic heterocycles. The van der Waals surface area contributed by atoms with Crippen LogP contribution in [0.5, 0.6) is 0 Å². The van der Waals surface area contributed by atoms with Gasteiger partial charge in [-0.05, 0) is 18.2 Å². The lowest BCUT2D eigenvalue weighted by atomic mass is 10.1. The predicted molar refractivity (Wildman–Crippen MR) is 53.2 cm³/mol. The fraction of sp³-hybridized carbons (Fsp3) is 0.100. The number of benzene rings is 1. The monoisotopic (exact) mass is 242 g/mol. The van der Waals surface area contributed by atoms with Crippen LogP contribution in [0.25, 0.3) is 0 Å². The summed E-state index contributed by atoms with van der Waals surface area (Å²) >= 11 is 3.11. The molecule has 3 heteroatoms. The summed E-state index contributed by atoms with van der Waals surface area (Å²) in [4.78, 5) is 11.3. The maximum atomic E-state index is 12.8. The molecular formula is C10H8BrFO. The number of carbonyl (C=O) groups excluding carboxylic acids is 1. The summed E-state index contributed by atoms with van der Waals surface area (Å²) < 4.78 is 13.4. The largest absolute Gasteiger partial charge is 0.294 e. The van der Waals surface area contributed by atoms with Crippen molar-refractivity contribution >= 4 is 21.7 Å². The van der Waals surface area contributed by atoms with Gasteiger partial charge in [-0.2, -0.15) is 0 Å². The average molecular weight is 243 g/mol. The van der Waals surface area contributed by atoms with E-state index < -0.39 is 5.82 Å². The van der Waals surface area contributed by atoms with Crippen LogP contribution in [0.4, 0.5) is 4.39 Å². The van der Waals surface area contributed by atoms with E-state index in [0.29, 0.717) is 10.0 Å². The molecule has 0 aliphatic carbocycles. The summed E-state index contributed by atoms with van der Waals surface area (Å²) in [5, 5.41) is 0. The van der Waals surface area contributed by atoms with Gasteiger partial charge in [-0.1, -0.05) is 22.0 Å². The summed E-state index contributed by atoms with van der Waals surface area (Å²) in [7, 11) is 0. The van der Waals surface area contributed by atoms with Gasteiger partial charge in [0, 0.05) is 16.5 Å². The molecule has 0 amide bonds. The molecule has 0 saturated carbocycles. The van der Waals surface area contributed by atoms with E-state index in [1.54, 1.807) is 6.07 Å². The maximum absolute atomic E-state index is 12.8. The van der Waals surface area contributed by atoms with Crippen LogP contribution in [0.2, 0.25) is 0 Å². The topological polar surface area (TPSA) is 17.1 Å². The summed E-state index contributed by atoms with van der Waals surface area (Å²) in [6, 6.07) is 4.12. The third kappa shape index (κ3) is 2.77. The molecule has 13 heavy (non-hydrogen) atoms. The molecule has 68 valence electrons. The van der Waals surface area contributed by atoms with Crippen LogP contribution >= 0.6 is 15.9 Å². The van der Waals surface area contributed by atoms with E-state index in [4.69, 9.17) is 0 Å². The van der Waals surface area contributed by atoms with Gasteiger partial charge in [0.25, 0.3) is 0 Å². The lowest BCUT2D eigenvalue weighted by Crippen LogP contribution is -1.97. The van der Waals surface area contributed by atoms with Gasteiger partial charge in [0.2, 0.25) is 0 Å². The second-order valence-corrected chi connectivity index (χ2v) is 3.49. The van der Waals surface area contributed by atoms with Crippen LogP contribution < -0.4 is 0 Å². The molecule has 0 aliphatic rings. The van der Waals surface area contributed by atoms with Crippen molar-refractivity contribution in [2.75, 3.05) is 0 Å². The van der Waals surface area contributed by atoms with Gasteiger partial charge in [-0.15, -0.1) is 6.58 Å². The highest BCUT2D eigenvalue weighted by atomic mass is 79.9. The summed E-state index contributed by atoms with van der Waals surface area (Å²) in [5.41, 5.74) is 0.367. The fourth-order valence-electron chi connectivity index (χ4n) is 0.964. The van der Waals surface area contributed by atoms with Gasteiger partial charge in [-0.25, -0.2) is 4.39 Å². The molecule has 0 aliphatic heterocycles. The Balaban J connectivity index is 3.00. The third-order valence-electron chi connectivity index (χ3n) is 1.51. The maximum Gasteiger partial charge on any atom is 0.166 e. The van der Waals surface area contributed by atoms with E-state index in [0.717, 1.165) is 0 Å². The zero-order valence-corrected chi connectivity index (χ0v) is 8.47. The molecule has 0 fully saturated rings. The second-order valence-electron chi connectivity index (χ2n) is 2.57. The first-order valence-corrected chi connectivity index (χ1v) is 4.53. The molecule has 1 rings (SSSR count). The van der Waals surface area contributed by atoms with E-state index in [1.165, 1.54) is 18.2 Å². The van der Waals surface area contributed by atoms with Crippen LogP contribution in [-0.2, 0) is 0 Å². The van der Waals surface area contributed by atoms with Crippen LogP contribution in [0.15, 0.2) is 35.3 Å². The first-order valence-electron chi connectivity index (χ1n) is 3.73. The van der Waals surface area contributed by atoms with Gasteiger partial charge in [-0.3, -0.25) is 4.79 Å². The van der Waals surface area contributed by atoms with Gasteiger partial charge in [0.15, 0.2) is 5.78 Å². The van der Waals surface area contributed by atoms with Gasteiger partial charge < -0.3 is 0 Å². The van der Waals surface area contributed by atoms with E-state index in [9.17, 15) is 9.18 Å². The first-order chi connectivity index (χ1) is 6.13. The Labute approximate surface area is 84.4 Å². The molecule has 1 nitrogen and oxygen atoms in total. The number of hydrogen-bond donors (Lipinski definition) is 0. The zero-order chi connectivity index (χ0) is 9.84. The van der Waals surface area contributed by atoms with E-state index in [1.807, 2.05) is 0 Å². The van der Waals surface area contributed by atoms with E-state index in [2.05, 4.69) is 22.5 Å². The Kier molecular flexibility index (Phi) is 3.37. The molecule has 0 radical (unpaired) electrons. The number of rotatable bonds is 3. The van der Waals surface area contributed by atoms with Crippen LogP contribution in [-0.4, -0.2) is 5.78 Å². The Morgan fingerprint density at radius 1 is 1.54 bits per heavy atom. The Hall–Kier alpha value is -0.960. The van der Waals surface area contributed by atoms with Crippen molar-refractivity contribution < 1.29 is 9.18 Å². The van der Waals surface area contributed by atoms with Crippen LogP contribution in [0, 0.1) is 5.82 Å². The van der Waals surface area contributed by atoms with Gasteiger partial charge >= 0.3 is 0 Å². The minimum atomic E-state index is -0.415. The molecule has 1 aromatic carbocycles. The lowest BCUT2D eigenvalue weighted by molar-refractivity contribution is 0.0995. The van der Waals surface area contributed by atoms with Crippen molar-refractivity contribution in [1.29, 1.82) is 0 Å². The van der Waals surface area contributed by atoms with Crippen molar-refractivity contribution in [3.63, 3.8) is 0 Å². The van der Waals surface area contributed by atoms with E-state index >= 15 is 0 Å². The van der Waals surface area contributed by atoms with Crippen molar-refractivity contribution in [2.24, 2.45) is 0 Å². The summed E-state index contributed by atoms with van der Waals surface area (Å²) in [6.07, 6.45) is 1.73. The SMILES string of the molecule is C=CCC(=O)c1cc(F)cc(Br)c1. The normalized spacial score (nSPS) is 9.69. The number of ketones is 1. The van der Waals surface area contributed by atoms with Crippen molar-refractivity contribution in [3.8, 4) is 0 Å². The highest BCUT2D eigenvalue weighted by molar-refractivity contribution is 9.10. The summed E-state index contributed by atoms with van der Waals surface area (Å²) in [5.74, 6) is -0.544. The minimum Gasteiger partial charge on any atom is -0.294 e. The quantitative estimate of drug-likeness (QED) is 0.587. The van der Waals surface area contributed by atoms with Crippen LogP contribution in [0.3, 0.4) is 0 Å². The number of carbonyl (C=O) groups is 1. The first kappa shape index (κ1) is 10.1. The molecule has 0 heterocycles. The third-order valence-corrected chi connectivity index (χ3v) is 1.97. The minimum absolute atomic E-state index is 0.129. The molecular weight excluding hydrogens is 235 g/mol. The van der Waals surface area contributed by atoms with Crippen molar-refractivity contribution in [3.05, 3.63) is 46.7 Å². The molecule has 0 unspecified atom stereocenters. The van der Waals surface area contributed by atoms with Crippen molar-refractivity contribution in [2.45, 2.75) is 6.42 Å². The van der Waals surface area contributed by atoms with Gasteiger partial charge in [0.1, 0.15) is 5.82 Å². The second kappa shape index (κ2) is 4.33. The molecule has 0 bridgehead atoms. The fourth-order valence-corrected chi connectivity index (χ4v) is 1.43. The van der Waals surface area contributed by atoms with Gasteiger partial charge in [0.05, 0.1) is 0 Å². The molecule has 0 atom stereocenters. The highest BCUT2D eigenvalue weighted by Gasteiger charge is 2.05. The Morgan fingerprint density at radius 2 is 2.23 bits per heavy atom. The highest BCUT2D eigenvalue weighted by Crippen LogP contribution is 2.16. The number of allylic oxidation sites excluding steroid dienone is 1. The molecule has 0 N–H and O–H groups in total. The van der Waals surface area contributed by atoms with E-state index in [-0.39, 0.29) is 12.2 Å². The standard InChI is InChI=1S/C10H8BrFO/c1-2-3-10(13)7-4-8(11)6-9(12)5-7/h2,4-6H,1,3H2. The average Bonchev–Trinajstić information content (AvgIpc) is 2.03. The van der Waals surface area contributed by atoms with Crippen molar-refractivity contribution in [1.82, 2.24) is 0 Å². The number of halogens is 2. The zero-order valence-electron chi connectivity index (χ0n) is 6.89. The molecule has 1 aromatic rings.